The highest BCUT2D eigenvalue weighted by atomic mass is 16.3. The fourth-order valence-electron chi connectivity index (χ4n) is 3.37. The lowest BCUT2D eigenvalue weighted by Gasteiger charge is -2.18. The van der Waals surface area contributed by atoms with Gasteiger partial charge in [0.2, 0.25) is 0 Å². The molecule has 0 aliphatic heterocycles. The molecule has 2 bridgehead atoms. The zero-order valence-corrected chi connectivity index (χ0v) is 10.7. The molecule has 0 radical (unpaired) electrons. The van der Waals surface area contributed by atoms with E-state index in [2.05, 4.69) is 29.6 Å². The predicted octanol–water partition coefficient (Wildman–Crippen LogP) is 2.48. The van der Waals surface area contributed by atoms with Gasteiger partial charge in [-0.3, -0.25) is 0 Å². The average Bonchev–Trinajstić information content (AvgIpc) is 3.01. The van der Waals surface area contributed by atoms with Crippen LogP contribution in [0, 0.1) is 17.8 Å². The lowest BCUT2D eigenvalue weighted by Crippen LogP contribution is -2.25. The molecule has 2 heteroatoms. The van der Waals surface area contributed by atoms with E-state index in [-0.39, 0.29) is 6.61 Å². The molecule has 1 aromatic carbocycles. The fraction of sp³-hybridized carbons (Fsp3) is 0.500. The third-order valence-electron chi connectivity index (χ3n) is 4.33. The van der Waals surface area contributed by atoms with Crippen molar-refractivity contribution in [2.45, 2.75) is 26.0 Å². The summed E-state index contributed by atoms with van der Waals surface area (Å²) in [7, 11) is 0. The molecule has 1 fully saturated rings. The monoisotopic (exact) mass is 243 g/mol. The van der Waals surface area contributed by atoms with Crippen LogP contribution >= 0.6 is 0 Å². The van der Waals surface area contributed by atoms with Crippen molar-refractivity contribution in [3.05, 3.63) is 47.5 Å². The molecule has 0 heterocycles. The van der Waals surface area contributed by atoms with Crippen LogP contribution in [0.2, 0.25) is 0 Å². The van der Waals surface area contributed by atoms with Crippen molar-refractivity contribution in [3.63, 3.8) is 0 Å². The number of allylic oxidation sites excluding steroid dienone is 2. The molecule has 1 saturated carbocycles. The van der Waals surface area contributed by atoms with Crippen LogP contribution < -0.4 is 5.32 Å². The van der Waals surface area contributed by atoms with E-state index in [1.165, 1.54) is 18.4 Å². The van der Waals surface area contributed by atoms with Gasteiger partial charge in [-0.1, -0.05) is 36.4 Å². The summed E-state index contributed by atoms with van der Waals surface area (Å²) < 4.78 is 0. The molecule has 2 N–H and O–H groups in total. The Morgan fingerprint density at radius 2 is 2.06 bits per heavy atom. The van der Waals surface area contributed by atoms with Crippen LogP contribution in [-0.2, 0) is 13.2 Å². The normalized spacial score (nSPS) is 29.1. The van der Waals surface area contributed by atoms with Gasteiger partial charge in [-0.15, -0.1) is 0 Å². The van der Waals surface area contributed by atoms with Crippen LogP contribution in [0.3, 0.4) is 0 Å². The number of aliphatic hydroxyl groups excluding tert-OH is 1. The maximum atomic E-state index is 9.10. The Hall–Kier alpha value is -1.12. The smallest absolute Gasteiger partial charge is 0.0681 e. The summed E-state index contributed by atoms with van der Waals surface area (Å²) in [5.41, 5.74) is 2.26. The first-order valence-corrected chi connectivity index (χ1v) is 6.93. The van der Waals surface area contributed by atoms with Gasteiger partial charge in [-0.05, 0) is 48.3 Å². The summed E-state index contributed by atoms with van der Waals surface area (Å²) in [6.07, 6.45) is 7.55. The Morgan fingerprint density at radius 3 is 2.78 bits per heavy atom. The van der Waals surface area contributed by atoms with Gasteiger partial charge in [0.1, 0.15) is 0 Å². The molecule has 0 saturated heterocycles. The Kier molecular flexibility index (Phi) is 3.48. The Balaban J connectivity index is 1.48. The molecule has 2 nitrogen and oxygen atoms in total. The van der Waals surface area contributed by atoms with E-state index in [1.807, 2.05) is 12.1 Å². The van der Waals surface area contributed by atoms with Crippen molar-refractivity contribution in [3.8, 4) is 0 Å². The maximum absolute atomic E-state index is 9.10. The Labute approximate surface area is 109 Å². The van der Waals surface area contributed by atoms with Crippen molar-refractivity contribution in [2.75, 3.05) is 6.54 Å². The highest BCUT2D eigenvalue weighted by Crippen LogP contribution is 2.42. The van der Waals surface area contributed by atoms with Crippen LogP contribution in [0.5, 0.6) is 0 Å². The standard InChI is InChI=1S/C16H21NO/c18-11-14-3-1-2-13(6-14)9-17-10-16-8-12-4-5-15(16)7-12/h1-6,12,15-18H,7-11H2. The first kappa shape index (κ1) is 11.9. The molecule has 3 atom stereocenters. The summed E-state index contributed by atoms with van der Waals surface area (Å²) in [6, 6.07) is 8.17. The van der Waals surface area contributed by atoms with Gasteiger partial charge in [0.15, 0.2) is 0 Å². The summed E-state index contributed by atoms with van der Waals surface area (Å²) in [5.74, 6) is 2.52. The largest absolute Gasteiger partial charge is 0.392 e. The Bertz CT molecular complexity index is 440. The van der Waals surface area contributed by atoms with Crippen molar-refractivity contribution in [1.29, 1.82) is 0 Å². The highest BCUT2D eigenvalue weighted by Gasteiger charge is 2.34. The van der Waals surface area contributed by atoms with Gasteiger partial charge >= 0.3 is 0 Å². The molecule has 1 aromatic rings. The number of aliphatic hydroxyl groups is 1. The molecule has 2 aliphatic carbocycles. The minimum absolute atomic E-state index is 0.130. The Morgan fingerprint density at radius 1 is 1.17 bits per heavy atom. The first-order chi connectivity index (χ1) is 8.85. The molecule has 0 spiro atoms. The second kappa shape index (κ2) is 5.25. The highest BCUT2D eigenvalue weighted by molar-refractivity contribution is 5.22. The molecule has 0 aromatic heterocycles. The number of fused-ring (bicyclic) bond motifs is 2. The van der Waals surface area contributed by atoms with Gasteiger partial charge in [0, 0.05) is 6.54 Å². The van der Waals surface area contributed by atoms with Crippen molar-refractivity contribution in [2.24, 2.45) is 17.8 Å². The molecule has 96 valence electrons. The molecule has 3 rings (SSSR count). The van der Waals surface area contributed by atoms with E-state index in [1.54, 1.807) is 0 Å². The van der Waals surface area contributed by atoms with Gasteiger partial charge in [0.25, 0.3) is 0 Å². The van der Waals surface area contributed by atoms with E-state index in [0.717, 1.165) is 36.4 Å². The van der Waals surface area contributed by atoms with Crippen LogP contribution in [0.15, 0.2) is 36.4 Å². The summed E-state index contributed by atoms with van der Waals surface area (Å²) in [4.78, 5) is 0. The summed E-state index contributed by atoms with van der Waals surface area (Å²) in [6.45, 7) is 2.16. The number of benzene rings is 1. The van der Waals surface area contributed by atoms with Crippen molar-refractivity contribution < 1.29 is 5.11 Å². The molecular formula is C16H21NO. The number of hydrogen-bond acceptors (Lipinski definition) is 2. The second-order valence-electron chi connectivity index (χ2n) is 5.65. The molecule has 0 amide bonds. The third-order valence-corrected chi connectivity index (χ3v) is 4.33. The van der Waals surface area contributed by atoms with Crippen LogP contribution in [-0.4, -0.2) is 11.7 Å². The zero-order chi connectivity index (χ0) is 12.4. The summed E-state index contributed by atoms with van der Waals surface area (Å²) >= 11 is 0. The SMILES string of the molecule is OCc1cccc(CNCC2CC3C=CC2C3)c1. The lowest BCUT2D eigenvalue weighted by molar-refractivity contribution is 0.281. The molecular weight excluding hydrogens is 222 g/mol. The zero-order valence-electron chi connectivity index (χ0n) is 10.7. The predicted molar refractivity (Wildman–Crippen MR) is 72.9 cm³/mol. The van der Waals surface area contributed by atoms with Crippen LogP contribution in [0.1, 0.15) is 24.0 Å². The van der Waals surface area contributed by atoms with Crippen molar-refractivity contribution >= 4 is 0 Å². The van der Waals surface area contributed by atoms with E-state index in [4.69, 9.17) is 5.11 Å². The van der Waals surface area contributed by atoms with Crippen molar-refractivity contribution in [1.82, 2.24) is 5.32 Å². The van der Waals surface area contributed by atoms with Gasteiger partial charge in [-0.25, -0.2) is 0 Å². The average molecular weight is 243 g/mol. The van der Waals surface area contributed by atoms with E-state index in [0.29, 0.717) is 0 Å². The number of hydrogen-bond donors (Lipinski definition) is 2. The summed E-state index contributed by atoms with van der Waals surface area (Å²) in [5, 5.41) is 12.7. The second-order valence-corrected chi connectivity index (χ2v) is 5.65. The van der Waals surface area contributed by atoms with Gasteiger partial charge < -0.3 is 10.4 Å². The van der Waals surface area contributed by atoms with Crippen LogP contribution in [0.4, 0.5) is 0 Å². The fourth-order valence-corrected chi connectivity index (χ4v) is 3.37. The lowest BCUT2D eigenvalue weighted by atomic mass is 9.93. The number of nitrogens with one attached hydrogen (secondary N) is 1. The molecule has 3 unspecified atom stereocenters. The van der Waals surface area contributed by atoms with Gasteiger partial charge in [-0.2, -0.15) is 0 Å². The van der Waals surface area contributed by atoms with Gasteiger partial charge in [0.05, 0.1) is 6.61 Å². The molecule has 2 aliphatic rings. The minimum atomic E-state index is 0.130. The molecule has 18 heavy (non-hydrogen) atoms. The minimum Gasteiger partial charge on any atom is -0.392 e. The van der Waals surface area contributed by atoms with Crippen LogP contribution in [0.25, 0.3) is 0 Å². The topological polar surface area (TPSA) is 32.3 Å². The van der Waals surface area contributed by atoms with E-state index in [9.17, 15) is 0 Å². The third kappa shape index (κ3) is 2.50. The quantitative estimate of drug-likeness (QED) is 0.779. The first-order valence-electron chi connectivity index (χ1n) is 6.93. The van der Waals surface area contributed by atoms with E-state index < -0.39 is 0 Å². The maximum Gasteiger partial charge on any atom is 0.0681 e. The number of rotatable bonds is 5. The van der Waals surface area contributed by atoms with E-state index >= 15 is 0 Å².